The number of nitrogens with zero attached hydrogens (tertiary/aromatic N) is 5. The first-order valence-electron chi connectivity index (χ1n) is 15.6. The molecule has 1 atom stereocenters. The topological polar surface area (TPSA) is 141 Å². The first-order chi connectivity index (χ1) is 21.5. The van der Waals surface area contributed by atoms with Crippen molar-refractivity contribution in [2.75, 3.05) is 29.5 Å². The van der Waals surface area contributed by atoms with E-state index >= 15 is 0 Å². The molecule has 2 aromatic heterocycles. The third-order valence-electron chi connectivity index (χ3n) is 7.88. The first-order valence-corrected chi connectivity index (χ1v) is 17.7. The molecule has 5 rings (SSSR count). The molecule has 4 heterocycles. The average molecular weight is 674 g/mol. The van der Waals surface area contributed by atoms with Gasteiger partial charge >= 0.3 is 6.09 Å². The lowest BCUT2D eigenvalue weighted by atomic mass is 9.82. The molecule has 12 nitrogen and oxygen atoms in total. The highest BCUT2D eigenvalue weighted by Gasteiger charge is 2.34. The Kier molecular flexibility index (Phi) is 9.47. The van der Waals surface area contributed by atoms with Gasteiger partial charge in [-0.3, -0.25) is 4.68 Å². The van der Waals surface area contributed by atoms with Gasteiger partial charge in [-0.2, -0.15) is 10.1 Å². The molecule has 1 saturated heterocycles. The molecule has 250 valence electrons. The summed E-state index contributed by atoms with van der Waals surface area (Å²) in [5.74, 6) is 1.47. The second-order valence-corrected chi connectivity index (χ2v) is 16.0. The van der Waals surface area contributed by atoms with Crippen molar-refractivity contribution in [3.63, 3.8) is 0 Å². The van der Waals surface area contributed by atoms with Crippen molar-refractivity contribution in [2.45, 2.75) is 90.4 Å². The summed E-state index contributed by atoms with van der Waals surface area (Å²) in [7, 11) is -1.99. The molecule has 0 saturated carbocycles. The number of aromatic nitrogens is 4. The zero-order valence-electron chi connectivity index (χ0n) is 27.8. The van der Waals surface area contributed by atoms with Crippen LogP contribution in [0.4, 0.5) is 27.9 Å². The van der Waals surface area contributed by atoms with Crippen molar-refractivity contribution < 1.29 is 22.7 Å². The van der Waals surface area contributed by atoms with Gasteiger partial charge in [0.1, 0.15) is 22.5 Å². The number of likely N-dealkylation sites (tertiary alicyclic amines) is 1. The summed E-state index contributed by atoms with van der Waals surface area (Å²) in [6.45, 7) is 14.7. The van der Waals surface area contributed by atoms with Crippen LogP contribution in [-0.4, -0.2) is 69.7 Å². The molecule has 1 amide bonds. The first kappa shape index (κ1) is 33.8. The Labute approximate surface area is 276 Å². The van der Waals surface area contributed by atoms with E-state index in [-0.39, 0.29) is 51.4 Å². The van der Waals surface area contributed by atoms with E-state index in [0.717, 1.165) is 41.8 Å². The number of sulfone groups is 1. The van der Waals surface area contributed by atoms with Gasteiger partial charge in [0.15, 0.2) is 15.7 Å². The number of aryl methyl sites for hydroxylation is 2. The maximum Gasteiger partial charge on any atom is 0.410 e. The van der Waals surface area contributed by atoms with Gasteiger partial charge in [-0.25, -0.2) is 18.2 Å². The molecule has 2 aliphatic rings. The summed E-state index contributed by atoms with van der Waals surface area (Å²) in [5, 5.41) is 10.7. The van der Waals surface area contributed by atoms with Crippen LogP contribution in [0.2, 0.25) is 5.02 Å². The number of halogens is 1. The summed E-state index contributed by atoms with van der Waals surface area (Å²) in [4.78, 5) is 23.4. The minimum atomic E-state index is -3.64. The second-order valence-electron chi connectivity index (χ2n) is 13.7. The Bertz CT molecular complexity index is 1730. The molecule has 14 heteroatoms. The van der Waals surface area contributed by atoms with Crippen molar-refractivity contribution in [2.24, 2.45) is 13.0 Å². The highest BCUT2D eigenvalue weighted by atomic mass is 35.5. The minimum Gasteiger partial charge on any atom is -0.488 e. The van der Waals surface area contributed by atoms with Crippen LogP contribution >= 0.6 is 11.6 Å². The fraction of sp³-hybridized carbons (Fsp3) is 0.562. The molecule has 0 spiro atoms. The molecular weight excluding hydrogens is 630 g/mol. The molecule has 0 aliphatic carbocycles. The Morgan fingerprint density at radius 1 is 1.20 bits per heavy atom. The van der Waals surface area contributed by atoms with Gasteiger partial charge in [0.25, 0.3) is 0 Å². The Morgan fingerprint density at radius 3 is 2.54 bits per heavy atom. The molecule has 2 aliphatic heterocycles. The fourth-order valence-corrected chi connectivity index (χ4v) is 8.02. The van der Waals surface area contributed by atoms with Crippen LogP contribution in [-0.2, 0) is 28.0 Å². The number of nitrogens with one attached hydrogen (secondary N) is 2. The van der Waals surface area contributed by atoms with E-state index in [9.17, 15) is 13.2 Å². The van der Waals surface area contributed by atoms with Gasteiger partial charge in [-0.05, 0) is 76.5 Å². The summed E-state index contributed by atoms with van der Waals surface area (Å²) >= 11 is 6.46. The number of piperidine rings is 1. The molecule has 1 fully saturated rings. The fourth-order valence-electron chi connectivity index (χ4n) is 6.15. The van der Waals surface area contributed by atoms with Crippen LogP contribution in [0.3, 0.4) is 0 Å². The van der Waals surface area contributed by atoms with Gasteiger partial charge in [0, 0.05) is 38.3 Å². The molecule has 0 unspecified atom stereocenters. The van der Waals surface area contributed by atoms with E-state index < -0.39 is 15.4 Å². The van der Waals surface area contributed by atoms with Crippen LogP contribution < -0.4 is 15.4 Å². The average Bonchev–Trinajstić information content (AvgIpc) is 3.51. The van der Waals surface area contributed by atoms with Crippen molar-refractivity contribution in [1.29, 1.82) is 0 Å². The number of carbonyl (C=O) groups is 1. The maximum atomic E-state index is 13.0. The number of hydrogen-bond acceptors (Lipinski definition) is 10. The van der Waals surface area contributed by atoms with E-state index in [1.54, 1.807) is 18.1 Å². The molecule has 0 radical (unpaired) electrons. The number of hydrogen-bond donors (Lipinski definition) is 2. The molecule has 46 heavy (non-hydrogen) atoms. The Balaban J connectivity index is 1.38. The number of carbonyl (C=O) groups excluding carboxylic acids is 1. The van der Waals surface area contributed by atoms with Crippen molar-refractivity contribution >= 4 is 50.7 Å². The molecule has 3 aromatic rings. The van der Waals surface area contributed by atoms with Crippen LogP contribution in [0.5, 0.6) is 5.75 Å². The van der Waals surface area contributed by atoms with Gasteiger partial charge in [0.2, 0.25) is 11.0 Å². The van der Waals surface area contributed by atoms with Crippen LogP contribution in [0.1, 0.15) is 77.0 Å². The normalized spacial score (nSPS) is 17.2. The molecule has 0 bridgehead atoms. The summed E-state index contributed by atoms with van der Waals surface area (Å²) in [5.41, 5.74) is 4.06. The molecular formula is C32H44ClN7O5S. The lowest BCUT2D eigenvalue weighted by Crippen LogP contribution is -2.41. The van der Waals surface area contributed by atoms with E-state index in [0.29, 0.717) is 19.0 Å². The Hall–Kier alpha value is -3.58. The van der Waals surface area contributed by atoms with Gasteiger partial charge in [0.05, 0.1) is 23.3 Å². The van der Waals surface area contributed by atoms with Crippen LogP contribution in [0, 0.1) is 12.8 Å². The highest BCUT2D eigenvalue weighted by molar-refractivity contribution is 7.91. The lowest BCUT2D eigenvalue weighted by molar-refractivity contribution is 0.0204. The van der Waals surface area contributed by atoms with E-state index in [1.165, 1.54) is 16.4 Å². The van der Waals surface area contributed by atoms with E-state index in [4.69, 9.17) is 21.1 Å². The minimum absolute atomic E-state index is 0.00175. The predicted molar refractivity (Wildman–Crippen MR) is 178 cm³/mol. The third kappa shape index (κ3) is 7.52. The predicted octanol–water partition coefficient (Wildman–Crippen LogP) is 6.53. The zero-order valence-corrected chi connectivity index (χ0v) is 29.3. The number of anilines is 4. The summed E-state index contributed by atoms with van der Waals surface area (Å²) in [6, 6.07) is 2.05. The van der Waals surface area contributed by atoms with Crippen LogP contribution in [0.25, 0.3) is 0 Å². The summed E-state index contributed by atoms with van der Waals surface area (Å²) < 4.78 is 39.4. The second kappa shape index (κ2) is 12.9. The smallest absolute Gasteiger partial charge is 0.410 e. The largest absolute Gasteiger partial charge is 0.488 e. The van der Waals surface area contributed by atoms with Gasteiger partial charge in [-0.1, -0.05) is 25.4 Å². The zero-order chi connectivity index (χ0) is 33.6. The Morgan fingerprint density at radius 2 is 1.89 bits per heavy atom. The highest BCUT2D eigenvalue weighted by Crippen LogP contribution is 2.46. The van der Waals surface area contributed by atoms with Gasteiger partial charge < -0.3 is 25.0 Å². The monoisotopic (exact) mass is 673 g/mol. The van der Waals surface area contributed by atoms with Gasteiger partial charge in [-0.15, -0.1) is 0 Å². The molecule has 1 aromatic carbocycles. The number of rotatable bonds is 8. The molecule has 2 N–H and O–H groups in total. The lowest BCUT2D eigenvalue weighted by Gasteiger charge is -2.34. The number of amides is 1. The third-order valence-corrected chi connectivity index (χ3v) is 10.2. The van der Waals surface area contributed by atoms with Crippen LogP contribution in [0.15, 0.2) is 23.5 Å². The summed E-state index contributed by atoms with van der Waals surface area (Å²) in [6.07, 6.45) is 5.23. The quantitative estimate of drug-likeness (QED) is 0.271. The van der Waals surface area contributed by atoms with Crippen molar-refractivity contribution in [3.8, 4) is 5.75 Å². The standard InChI is InChI=1S/C32H44ClN7O5S/c1-18(2)17-46(42,43)29-25(16-39(8)38-29)35-28-23(33)15-34-30(37-28)36-24-13-19(3)26(22-14-20(4)44-27(22)24)21-9-11-40(12-10-21)31(41)45-32(5,6)7/h13,15-16,18,20-21H,9-12,14,17H2,1-8H3,(H2,34,35,36,37)/t20-/m1/s1. The SMILES string of the molecule is Cc1cc(Nc2ncc(Cl)c(Nc3cn(C)nc3S(=O)(=O)CC(C)C)n2)c2c(c1C1CCN(C(=O)OC(C)(C)C)CC1)C[C@@H](C)O2. The maximum absolute atomic E-state index is 13.0. The van der Waals surface area contributed by atoms with Crippen molar-refractivity contribution in [1.82, 2.24) is 24.6 Å². The number of ether oxygens (including phenoxy) is 2. The number of benzene rings is 1. The van der Waals surface area contributed by atoms with Crippen molar-refractivity contribution in [3.05, 3.63) is 40.2 Å². The van der Waals surface area contributed by atoms with E-state index in [2.05, 4.69) is 38.7 Å². The number of fused-ring (bicyclic) bond motifs is 1. The van der Waals surface area contributed by atoms with E-state index in [1.807, 2.05) is 41.5 Å².